The zero-order valence-electron chi connectivity index (χ0n) is 20.4. The summed E-state index contributed by atoms with van der Waals surface area (Å²) in [7, 11) is -3.82. The number of nitrogens with one attached hydrogen (secondary N) is 1. The van der Waals surface area contributed by atoms with E-state index in [0.29, 0.717) is 43.4 Å². The maximum absolute atomic E-state index is 13.7. The monoisotopic (exact) mass is 503 g/mol. The van der Waals surface area contributed by atoms with Gasteiger partial charge in [-0.2, -0.15) is 0 Å². The molecule has 9 nitrogen and oxygen atoms in total. The minimum absolute atomic E-state index is 0.177. The molecule has 0 saturated carbocycles. The summed E-state index contributed by atoms with van der Waals surface area (Å²) in [6.45, 7) is 6.08. The van der Waals surface area contributed by atoms with Crippen molar-refractivity contribution in [2.24, 2.45) is 0 Å². The SMILES string of the molecule is CCNC(=O)[C@H](CC)N(Cc1ccccc1)C(=O)CN(c1ccc2c(c1)OCCO2)S(=O)(=O)CC. The number of carbonyl (C=O) groups excluding carboxylic acids is 2. The molecule has 2 amide bonds. The molecule has 1 atom stereocenters. The number of hydrogen-bond donors (Lipinski definition) is 1. The lowest BCUT2D eigenvalue weighted by Crippen LogP contribution is -2.52. The number of nitrogens with zero attached hydrogens (tertiary/aromatic N) is 2. The van der Waals surface area contributed by atoms with Crippen molar-refractivity contribution in [1.82, 2.24) is 10.2 Å². The van der Waals surface area contributed by atoms with Gasteiger partial charge in [0.05, 0.1) is 11.4 Å². The molecule has 0 fully saturated rings. The van der Waals surface area contributed by atoms with E-state index in [1.165, 1.54) is 11.8 Å². The predicted molar refractivity (Wildman–Crippen MR) is 134 cm³/mol. The Labute approximate surface area is 207 Å². The molecule has 2 aromatic carbocycles. The van der Waals surface area contributed by atoms with Crippen LogP contribution in [0.2, 0.25) is 0 Å². The first-order valence-corrected chi connectivity index (χ1v) is 13.4. The topological polar surface area (TPSA) is 105 Å². The quantitative estimate of drug-likeness (QED) is 0.505. The van der Waals surface area contributed by atoms with Crippen LogP contribution in [0, 0.1) is 0 Å². The number of amides is 2. The smallest absolute Gasteiger partial charge is 0.244 e. The Balaban J connectivity index is 1.96. The van der Waals surface area contributed by atoms with Gasteiger partial charge in [-0.05, 0) is 38.0 Å². The van der Waals surface area contributed by atoms with E-state index >= 15 is 0 Å². The summed E-state index contributed by atoms with van der Waals surface area (Å²) < 4.78 is 38.4. The van der Waals surface area contributed by atoms with Gasteiger partial charge in [0.2, 0.25) is 21.8 Å². The van der Waals surface area contributed by atoms with Crippen LogP contribution in [0.4, 0.5) is 5.69 Å². The third kappa shape index (κ3) is 6.45. The molecule has 0 spiro atoms. The normalized spacial score (nSPS) is 13.6. The molecule has 0 saturated heterocycles. The first-order chi connectivity index (χ1) is 16.8. The molecule has 10 heteroatoms. The summed E-state index contributed by atoms with van der Waals surface area (Å²) in [6.07, 6.45) is 0.384. The third-order valence-corrected chi connectivity index (χ3v) is 7.47. The fourth-order valence-corrected chi connectivity index (χ4v) is 4.95. The Kier molecular flexibility index (Phi) is 8.97. The van der Waals surface area contributed by atoms with Crippen molar-refractivity contribution in [2.45, 2.75) is 39.8 Å². The summed E-state index contributed by atoms with van der Waals surface area (Å²) >= 11 is 0. The average molecular weight is 504 g/mol. The average Bonchev–Trinajstić information content (AvgIpc) is 2.87. The molecule has 1 heterocycles. The van der Waals surface area contributed by atoms with Crippen molar-refractivity contribution in [3.8, 4) is 11.5 Å². The second-order valence-electron chi connectivity index (χ2n) is 8.06. The molecule has 2 aromatic rings. The fourth-order valence-electron chi connectivity index (χ4n) is 3.90. The van der Waals surface area contributed by atoms with Crippen LogP contribution in [-0.4, -0.2) is 63.2 Å². The van der Waals surface area contributed by atoms with Gasteiger partial charge in [0.1, 0.15) is 25.8 Å². The Morgan fingerprint density at radius 2 is 1.69 bits per heavy atom. The largest absolute Gasteiger partial charge is 0.486 e. The molecule has 1 N–H and O–H groups in total. The third-order valence-electron chi connectivity index (χ3n) is 5.73. The molecule has 0 aliphatic carbocycles. The van der Waals surface area contributed by atoms with Crippen LogP contribution in [0.5, 0.6) is 11.5 Å². The molecule has 0 unspecified atom stereocenters. The maximum Gasteiger partial charge on any atom is 0.244 e. The number of rotatable bonds is 11. The van der Waals surface area contributed by atoms with Gasteiger partial charge in [-0.1, -0.05) is 37.3 Å². The zero-order valence-corrected chi connectivity index (χ0v) is 21.2. The number of sulfonamides is 1. The Bertz CT molecular complexity index is 1120. The van der Waals surface area contributed by atoms with E-state index in [9.17, 15) is 18.0 Å². The van der Waals surface area contributed by atoms with Gasteiger partial charge in [0.25, 0.3) is 0 Å². The van der Waals surface area contributed by atoms with Crippen LogP contribution in [0.1, 0.15) is 32.8 Å². The number of fused-ring (bicyclic) bond motifs is 1. The van der Waals surface area contributed by atoms with Gasteiger partial charge in [-0.25, -0.2) is 8.42 Å². The molecular weight excluding hydrogens is 470 g/mol. The molecule has 1 aliphatic heterocycles. The molecule has 1 aliphatic rings. The van der Waals surface area contributed by atoms with E-state index in [1.807, 2.05) is 44.2 Å². The van der Waals surface area contributed by atoms with Crippen LogP contribution in [-0.2, 0) is 26.2 Å². The second-order valence-corrected chi connectivity index (χ2v) is 10.2. The van der Waals surface area contributed by atoms with E-state index < -0.39 is 28.5 Å². The van der Waals surface area contributed by atoms with Crippen LogP contribution in [0.25, 0.3) is 0 Å². The Morgan fingerprint density at radius 1 is 1.00 bits per heavy atom. The predicted octanol–water partition coefficient (Wildman–Crippen LogP) is 2.56. The highest BCUT2D eigenvalue weighted by atomic mass is 32.2. The molecule has 3 rings (SSSR count). The van der Waals surface area contributed by atoms with E-state index in [1.54, 1.807) is 18.2 Å². The molecule has 35 heavy (non-hydrogen) atoms. The molecule has 190 valence electrons. The summed E-state index contributed by atoms with van der Waals surface area (Å²) in [6, 6.07) is 13.4. The highest BCUT2D eigenvalue weighted by molar-refractivity contribution is 7.92. The summed E-state index contributed by atoms with van der Waals surface area (Å²) in [5.74, 6) is 0.00365. The van der Waals surface area contributed by atoms with Crippen molar-refractivity contribution in [2.75, 3.05) is 36.4 Å². The molecule has 0 radical (unpaired) electrons. The number of benzene rings is 2. The lowest BCUT2D eigenvalue weighted by Gasteiger charge is -2.33. The van der Waals surface area contributed by atoms with Gasteiger partial charge in [0, 0.05) is 19.2 Å². The number of anilines is 1. The number of hydrogen-bond acceptors (Lipinski definition) is 6. The summed E-state index contributed by atoms with van der Waals surface area (Å²) in [4.78, 5) is 27.9. The van der Waals surface area contributed by atoms with Crippen LogP contribution in [0.3, 0.4) is 0 Å². The van der Waals surface area contributed by atoms with Gasteiger partial charge >= 0.3 is 0 Å². The highest BCUT2D eigenvalue weighted by Gasteiger charge is 2.32. The number of likely N-dealkylation sites (N-methyl/N-ethyl adjacent to an activating group) is 1. The fraction of sp³-hybridized carbons (Fsp3) is 0.440. The van der Waals surface area contributed by atoms with Gasteiger partial charge in [-0.15, -0.1) is 0 Å². The summed E-state index contributed by atoms with van der Waals surface area (Å²) in [5, 5.41) is 2.78. The van der Waals surface area contributed by atoms with E-state index in [0.717, 1.165) is 9.87 Å². The van der Waals surface area contributed by atoms with Crippen LogP contribution in [0.15, 0.2) is 48.5 Å². The highest BCUT2D eigenvalue weighted by Crippen LogP contribution is 2.35. The zero-order chi connectivity index (χ0) is 25.4. The van der Waals surface area contributed by atoms with Gasteiger partial charge < -0.3 is 19.7 Å². The maximum atomic E-state index is 13.7. The van der Waals surface area contributed by atoms with Gasteiger partial charge in [0.15, 0.2) is 11.5 Å². The lowest BCUT2D eigenvalue weighted by atomic mass is 10.1. The molecule has 0 bridgehead atoms. The van der Waals surface area contributed by atoms with Crippen LogP contribution >= 0.6 is 0 Å². The Morgan fingerprint density at radius 3 is 2.31 bits per heavy atom. The molecular formula is C25H33N3O6S. The molecule has 0 aromatic heterocycles. The van der Waals surface area contributed by atoms with Crippen molar-refractivity contribution < 1.29 is 27.5 Å². The van der Waals surface area contributed by atoms with E-state index in [2.05, 4.69) is 5.32 Å². The van der Waals surface area contributed by atoms with Crippen LogP contribution < -0.4 is 19.1 Å². The number of carbonyl (C=O) groups is 2. The Hall–Kier alpha value is -3.27. The van der Waals surface area contributed by atoms with E-state index in [-0.39, 0.29) is 18.2 Å². The van der Waals surface area contributed by atoms with Crippen molar-refractivity contribution in [3.05, 3.63) is 54.1 Å². The van der Waals surface area contributed by atoms with E-state index in [4.69, 9.17) is 9.47 Å². The van der Waals surface area contributed by atoms with Crippen molar-refractivity contribution >= 4 is 27.5 Å². The summed E-state index contributed by atoms with van der Waals surface area (Å²) in [5.41, 5.74) is 1.14. The minimum atomic E-state index is -3.82. The van der Waals surface area contributed by atoms with Gasteiger partial charge in [-0.3, -0.25) is 13.9 Å². The lowest BCUT2D eigenvalue weighted by molar-refractivity contribution is -0.140. The number of ether oxygens (including phenoxy) is 2. The standard InChI is InChI=1S/C25H33N3O6S/c1-4-21(25(30)26-5-2)27(17-19-10-8-7-9-11-19)24(29)18-28(35(31,32)6-3)20-12-13-22-23(16-20)34-15-14-33-22/h7-13,16,21H,4-6,14-15,17-18H2,1-3H3,(H,26,30)/t21-/m0/s1. The second kappa shape index (κ2) is 11.9. The minimum Gasteiger partial charge on any atom is -0.486 e. The first-order valence-electron chi connectivity index (χ1n) is 11.8. The first kappa shape index (κ1) is 26.3. The van der Waals surface area contributed by atoms with Crippen molar-refractivity contribution in [1.29, 1.82) is 0 Å². The van der Waals surface area contributed by atoms with Crippen molar-refractivity contribution in [3.63, 3.8) is 0 Å².